The molecule has 0 saturated carbocycles. The minimum atomic E-state index is 0.688. The molecule has 1 atom stereocenters. The third-order valence-corrected chi connectivity index (χ3v) is 3.77. The first-order chi connectivity index (χ1) is 7.24. The first-order valence-corrected chi connectivity index (χ1v) is 6.87. The molecule has 0 spiro atoms. The lowest BCUT2D eigenvalue weighted by Gasteiger charge is -2.20. The quantitative estimate of drug-likeness (QED) is 0.698. The van der Waals surface area contributed by atoms with E-state index in [1.165, 1.54) is 24.1 Å². The van der Waals surface area contributed by atoms with Gasteiger partial charge < -0.3 is 5.32 Å². The summed E-state index contributed by atoms with van der Waals surface area (Å²) in [6.07, 6.45) is 3.71. The molecule has 0 fully saturated rings. The predicted octanol–water partition coefficient (Wildman–Crippen LogP) is 3.70. The number of hydrogen-bond acceptors (Lipinski definition) is 2. The van der Waals surface area contributed by atoms with Crippen molar-refractivity contribution in [2.75, 3.05) is 6.54 Å². The van der Waals surface area contributed by atoms with Gasteiger partial charge in [0.25, 0.3) is 0 Å². The van der Waals surface area contributed by atoms with Crippen molar-refractivity contribution >= 4 is 11.3 Å². The molecule has 0 radical (unpaired) electrons. The van der Waals surface area contributed by atoms with Crippen LogP contribution in [-0.2, 0) is 6.42 Å². The van der Waals surface area contributed by atoms with E-state index in [4.69, 9.17) is 0 Å². The Labute approximate surface area is 97.9 Å². The van der Waals surface area contributed by atoms with Gasteiger partial charge >= 0.3 is 0 Å². The second-order valence-corrected chi connectivity index (χ2v) is 5.43. The molecular weight excluding hydrogens is 202 g/mol. The van der Waals surface area contributed by atoms with Crippen LogP contribution in [0.4, 0.5) is 0 Å². The molecule has 86 valence electrons. The van der Waals surface area contributed by atoms with Gasteiger partial charge in [-0.25, -0.2) is 0 Å². The Hall–Kier alpha value is -0.340. The van der Waals surface area contributed by atoms with E-state index in [1.807, 2.05) is 11.3 Å². The fourth-order valence-corrected chi connectivity index (χ4v) is 2.61. The summed E-state index contributed by atoms with van der Waals surface area (Å²) < 4.78 is 0. The van der Waals surface area contributed by atoms with Gasteiger partial charge in [-0.15, -0.1) is 11.3 Å². The fourth-order valence-electron chi connectivity index (χ4n) is 1.86. The Morgan fingerprint density at radius 2 is 2.20 bits per heavy atom. The van der Waals surface area contributed by atoms with Gasteiger partial charge in [0.1, 0.15) is 0 Å². The van der Waals surface area contributed by atoms with Gasteiger partial charge in [0.15, 0.2) is 0 Å². The molecule has 1 nitrogen and oxygen atoms in total. The van der Waals surface area contributed by atoms with Crippen molar-refractivity contribution in [2.45, 2.75) is 46.1 Å². The minimum absolute atomic E-state index is 0.688. The summed E-state index contributed by atoms with van der Waals surface area (Å²) in [6.45, 7) is 7.99. The van der Waals surface area contributed by atoms with Crippen LogP contribution in [0.5, 0.6) is 0 Å². The van der Waals surface area contributed by atoms with Crippen LogP contribution in [0.15, 0.2) is 17.5 Å². The third-order valence-electron chi connectivity index (χ3n) is 2.83. The number of hydrogen-bond donors (Lipinski definition) is 1. The molecule has 1 N–H and O–H groups in total. The molecule has 2 heteroatoms. The van der Waals surface area contributed by atoms with Crippen molar-refractivity contribution in [1.29, 1.82) is 0 Å². The van der Waals surface area contributed by atoms with E-state index < -0.39 is 0 Å². The van der Waals surface area contributed by atoms with Gasteiger partial charge in [0.2, 0.25) is 0 Å². The molecule has 0 bridgehead atoms. The maximum Gasteiger partial charge on any atom is 0.00874 e. The maximum absolute atomic E-state index is 3.64. The average molecular weight is 225 g/mol. The summed E-state index contributed by atoms with van der Waals surface area (Å²) in [4.78, 5) is 1.51. The standard InChI is InChI=1S/C13H23NS/c1-4-13(11(2)3)14-9-5-7-12-8-6-10-15-12/h6,8,10-11,13-14H,4-5,7,9H2,1-3H3. The summed E-state index contributed by atoms with van der Waals surface area (Å²) in [5, 5.41) is 5.79. The van der Waals surface area contributed by atoms with E-state index in [9.17, 15) is 0 Å². The molecule has 0 aliphatic carbocycles. The highest BCUT2D eigenvalue weighted by Gasteiger charge is 2.08. The number of rotatable bonds is 7. The van der Waals surface area contributed by atoms with Crippen LogP contribution in [0, 0.1) is 5.92 Å². The van der Waals surface area contributed by atoms with Crippen LogP contribution in [0.2, 0.25) is 0 Å². The first-order valence-electron chi connectivity index (χ1n) is 5.99. The lowest BCUT2D eigenvalue weighted by molar-refractivity contribution is 0.387. The van der Waals surface area contributed by atoms with E-state index in [1.54, 1.807) is 0 Å². The highest BCUT2D eigenvalue weighted by molar-refractivity contribution is 7.09. The molecule has 0 aliphatic heterocycles. The van der Waals surface area contributed by atoms with Crippen molar-refractivity contribution in [1.82, 2.24) is 5.32 Å². The topological polar surface area (TPSA) is 12.0 Å². The van der Waals surface area contributed by atoms with Crippen LogP contribution < -0.4 is 5.32 Å². The zero-order valence-electron chi connectivity index (χ0n) is 10.1. The molecule has 15 heavy (non-hydrogen) atoms. The van der Waals surface area contributed by atoms with E-state index >= 15 is 0 Å². The molecule has 1 unspecified atom stereocenters. The first kappa shape index (κ1) is 12.7. The fraction of sp³-hybridized carbons (Fsp3) is 0.692. The largest absolute Gasteiger partial charge is 0.314 e. The monoisotopic (exact) mass is 225 g/mol. The predicted molar refractivity (Wildman–Crippen MR) is 69.6 cm³/mol. The molecule has 1 heterocycles. The van der Waals surface area contributed by atoms with Gasteiger partial charge in [-0.05, 0) is 43.2 Å². The van der Waals surface area contributed by atoms with Crippen molar-refractivity contribution in [3.63, 3.8) is 0 Å². The van der Waals surface area contributed by atoms with Gasteiger partial charge in [-0.1, -0.05) is 26.8 Å². The summed E-state index contributed by atoms with van der Waals surface area (Å²) in [5.74, 6) is 0.747. The number of nitrogens with one attached hydrogen (secondary N) is 1. The smallest absolute Gasteiger partial charge is 0.00874 e. The summed E-state index contributed by atoms with van der Waals surface area (Å²) >= 11 is 1.87. The lowest BCUT2D eigenvalue weighted by atomic mass is 10.0. The molecule has 0 saturated heterocycles. The Kier molecular flexibility index (Phi) is 5.96. The second kappa shape index (κ2) is 7.02. The van der Waals surface area contributed by atoms with Crippen molar-refractivity contribution in [3.05, 3.63) is 22.4 Å². The van der Waals surface area contributed by atoms with Crippen molar-refractivity contribution in [3.8, 4) is 0 Å². The van der Waals surface area contributed by atoms with Crippen molar-refractivity contribution in [2.24, 2.45) is 5.92 Å². The van der Waals surface area contributed by atoms with E-state index in [-0.39, 0.29) is 0 Å². The Balaban J connectivity index is 2.10. The Bertz CT molecular complexity index is 241. The Morgan fingerprint density at radius 3 is 2.73 bits per heavy atom. The molecular formula is C13H23NS. The highest BCUT2D eigenvalue weighted by Crippen LogP contribution is 2.11. The zero-order valence-corrected chi connectivity index (χ0v) is 10.9. The van der Waals surface area contributed by atoms with Gasteiger partial charge in [0.05, 0.1) is 0 Å². The molecule has 0 aromatic carbocycles. The lowest BCUT2D eigenvalue weighted by Crippen LogP contribution is -2.33. The van der Waals surface area contributed by atoms with E-state index in [0.717, 1.165) is 12.5 Å². The van der Waals surface area contributed by atoms with Crippen LogP contribution in [0.25, 0.3) is 0 Å². The third kappa shape index (κ3) is 4.80. The van der Waals surface area contributed by atoms with E-state index in [0.29, 0.717) is 6.04 Å². The van der Waals surface area contributed by atoms with E-state index in [2.05, 4.69) is 43.6 Å². The highest BCUT2D eigenvalue weighted by atomic mass is 32.1. The minimum Gasteiger partial charge on any atom is -0.314 e. The number of aryl methyl sites for hydroxylation is 1. The average Bonchev–Trinajstić information content (AvgIpc) is 2.70. The second-order valence-electron chi connectivity index (χ2n) is 4.40. The van der Waals surface area contributed by atoms with Crippen LogP contribution in [0.3, 0.4) is 0 Å². The maximum atomic E-state index is 3.64. The Morgan fingerprint density at radius 1 is 1.40 bits per heavy atom. The summed E-state index contributed by atoms with van der Waals surface area (Å²) in [7, 11) is 0. The summed E-state index contributed by atoms with van der Waals surface area (Å²) in [6, 6.07) is 5.05. The van der Waals surface area contributed by atoms with Crippen LogP contribution in [-0.4, -0.2) is 12.6 Å². The van der Waals surface area contributed by atoms with Crippen LogP contribution >= 0.6 is 11.3 Å². The SMILES string of the molecule is CCC(NCCCc1cccs1)C(C)C. The zero-order chi connectivity index (χ0) is 11.1. The molecule has 1 rings (SSSR count). The van der Waals surface area contributed by atoms with Gasteiger partial charge in [0, 0.05) is 10.9 Å². The molecule has 1 aromatic heterocycles. The normalized spacial score (nSPS) is 13.3. The van der Waals surface area contributed by atoms with Crippen molar-refractivity contribution < 1.29 is 0 Å². The number of thiophene rings is 1. The van der Waals surface area contributed by atoms with Gasteiger partial charge in [-0.2, -0.15) is 0 Å². The molecule has 1 aromatic rings. The molecule has 0 aliphatic rings. The van der Waals surface area contributed by atoms with Crippen LogP contribution in [0.1, 0.15) is 38.5 Å². The molecule has 0 amide bonds. The summed E-state index contributed by atoms with van der Waals surface area (Å²) in [5.41, 5.74) is 0. The van der Waals surface area contributed by atoms with Gasteiger partial charge in [-0.3, -0.25) is 0 Å².